The lowest BCUT2D eigenvalue weighted by atomic mass is 10.2. The molecule has 0 amide bonds. The van der Waals surface area contributed by atoms with Gasteiger partial charge in [0, 0.05) is 10.9 Å². The molecule has 0 fully saturated rings. The number of pyridine rings is 1. The van der Waals surface area contributed by atoms with Crippen molar-refractivity contribution in [2.24, 2.45) is 5.73 Å². The normalized spacial score (nSPS) is 12.2. The van der Waals surface area contributed by atoms with Gasteiger partial charge in [0.2, 0.25) is 0 Å². The number of nitrogens with two attached hydrogens (primary N) is 1. The van der Waals surface area contributed by atoms with E-state index in [1.54, 1.807) is 18.0 Å². The van der Waals surface area contributed by atoms with Gasteiger partial charge >= 0.3 is 0 Å². The van der Waals surface area contributed by atoms with Crippen LogP contribution in [-0.4, -0.2) is 11.2 Å². The molecular formula is C14H16N2OS. The van der Waals surface area contributed by atoms with Crippen molar-refractivity contribution in [3.63, 3.8) is 0 Å². The van der Waals surface area contributed by atoms with Crippen LogP contribution in [0.1, 0.15) is 18.7 Å². The predicted molar refractivity (Wildman–Crippen MR) is 75.1 cm³/mol. The third kappa shape index (κ3) is 3.24. The molecule has 1 atom stereocenters. The second kappa shape index (κ2) is 5.89. The first kappa shape index (κ1) is 12.9. The van der Waals surface area contributed by atoms with Crippen LogP contribution in [-0.2, 0) is 0 Å². The Morgan fingerprint density at radius 2 is 1.78 bits per heavy atom. The van der Waals surface area contributed by atoms with Crippen LogP contribution >= 0.6 is 11.8 Å². The number of benzene rings is 1. The molecule has 1 unspecified atom stereocenters. The standard InChI is InChI=1S/C14H16N2OS/c1-10(15)14-8-5-12(9-16-14)17-11-3-6-13(18-2)7-4-11/h3-10H,15H2,1-2H3. The average Bonchev–Trinajstić information content (AvgIpc) is 2.40. The van der Waals surface area contributed by atoms with Gasteiger partial charge < -0.3 is 10.5 Å². The number of nitrogens with zero attached hydrogens (tertiary/aromatic N) is 1. The fourth-order valence-electron chi connectivity index (χ4n) is 1.50. The van der Waals surface area contributed by atoms with Crippen molar-refractivity contribution in [3.05, 3.63) is 48.3 Å². The van der Waals surface area contributed by atoms with Crippen LogP contribution in [0.5, 0.6) is 11.5 Å². The maximum absolute atomic E-state index is 5.74. The van der Waals surface area contributed by atoms with Crippen LogP contribution in [0.25, 0.3) is 0 Å². The van der Waals surface area contributed by atoms with E-state index in [0.717, 1.165) is 17.2 Å². The van der Waals surface area contributed by atoms with Crippen LogP contribution in [0.2, 0.25) is 0 Å². The molecule has 18 heavy (non-hydrogen) atoms. The molecular weight excluding hydrogens is 244 g/mol. The third-order valence-corrected chi connectivity index (χ3v) is 3.26. The maximum atomic E-state index is 5.74. The molecule has 1 aromatic heterocycles. The number of rotatable bonds is 4. The van der Waals surface area contributed by atoms with Crippen molar-refractivity contribution in [2.75, 3.05) is 6.26 Å². The predicted octanol–water partition coefficient (Wildman–Crippen LogP) is 3.62. The monoisotopic (exact) mass is 260 g/mol. The Balaban J connectivity index is 2.08. The van der Waals surface area contributed by atoms with Crippen molar-refractivity contribution >= 4 is 11.8 Å². The van der Waals surface area contributed by atoms with Gasteiger partial charge in [-0.1, -0.05) is 0 Å². The number of ether oxygens (including phenoxy) is 1. The molecule has 94 valence electrons. The Kier molecular flexibility index (Phi) is 4.23. The van der Waals surface area contributed by atoms with E-state index in [2.05, 4.69) is 4.98 Å². The van der Waals surface area contributed by atoms with Crippen molar-refractivity contribution in [1.29, 1.82) is 0 Å². The molecule has 1 heterocycles. The van der Waals surface area contributed by atoms with Gasteiger partial charge in [-0.05, 0) is 49.6 Å². The number of hydrogen-bond acceptors (Lipinski definition) is 4. The summed E-state index contributed by atoms with van der Waals surface area (Å²) in [6, 6.07) is 11.7. The first-order chi connectivity index (χ1) is 8.69. The molecule has 0 saturated heterocycles. The van der Waals surface area contributed by atoms with E-state index in [1.165, 1.54) is 4.90 Å². The lowest BCUT2D eigenvalue weighted by Gasteiger charge is -2.08. The zero-order valence-electron chi connectivity index (χ0n) is 10.5. The van der Waals surface area contributed by atoms with Gasteiger partial charge in [0.05, 0.1) is 11.9 Å². The van der Waals surface area contributed by atoms with Crippen LogP contribution < -0.4 is 10.5 Å². The molecule has 2 aromatic rings. The lowest BCUT2D eigenvalue weighted by molar-refractivity contribution is 0.479. The summed E-state index contributed by atoms with van der Waals surface area (Å²) in [5.74, 6) is 1.53. The largest absolute Gasteiger partial charge is 0.456 e. The minimum absolute atomic E-state index is 0.0556. The minimum atomic E-state index is -0.0556. The van der Waals surface area contributed by atoms with E-state index in [4.69, 9.17) is 10.5 Å². The highest BCUT2D eigenvalue weighted by atomic mass is 32.2. The first-order valence-corrected chi connectivity index (χ1v) is 6.95. The number of thioether (sulfide) groups is 1. The number of hydrogen-bond donors (Lipinski definition) is 1. The second-order valence-corrected chi connectivity index (χ2v) is 4.86. The molecule has 0 aliphatic heterocycles. The maximum Gasteiger partial charge on any atom is 0.145 e. The topological polar surface area (TPSA) is 48.1 Å². The van der Waals surface area contributed by atoms with Gasteiger partial charge in [-0.3, -0.25) is 4.98 Å². The SMILES string of the molecule is CSc1ccc(Oc2ccc(C(C)N)nc2)cc1. The second-order valence-electron chi connectivity index (χ2n) is 3.99. The van der Waals surface area contributed by atoms with E-state index in [1.807, 2.05) is 49.6 Å². The van der Waals surface area contributed by atoms with Gasteiger partial charge in [0.15, 0.2) is 0 Å². The Morgan fingerprint density at radius 3 is 2.28 bits per heavy atom. The molecule has 0 aliphatic carbocycles. The fraction of sp³-hybridized carbons (Fsp3) is 0.214. The van der Waals surface area contributed by atoms with E-state index in [0.29, 0.717) is 0 Å². The van der Waals surface area contributed by atoms with E-state index in [9.17, 15) is 0 Å². The van der Waals surface area contributed by atoms with Gasteiger partial charge in [-0.2, -0.15) is 0 Å². The smallest absolute Gasteiger partial charge is 0.145 e. The number of aromatic nitrogens is 1. The fourth-order valence-corrected chi connectivity index (χ4v) is 1.91. The van der Waals surface area contributed by atoms with Crippen LogP contribution in [0.15, 0.2) is 47.5 Å². The van der Waals surface area contributed by atoms with Crippen molar-refractivity contribution in [1.82, 2.24) is 4.98 Å². The van der Waals surface area contributed by atoms with Crippen molar-refractivity contribution < 1.29 is 4.74 Å². The molecule has 0 bridgehead atoms. The summed E-state index contributed by atoms with van der Waals surface area (Å²) in [4.78, 5) is 5.47. The summed E-state index contributed by atoms with van der Waals surface area (Å²) in [5, 5.41) is 0. The molecule has 2 rings (SSSR count). The van der Waals surface area contributed by atoms with Crippen LogP contribution in [0.4, 0.5) is 0 Å². The minimum Gasteiger partial charge on any atom is -0.456 e. The summed E-state index contributed by atoms with van der Waals surface area (Å²) < 4.78 is 5.70. The summed E-state index contributed by atoms with van der Waals surface area (Å²) in [6.45, 7) is 1.91. The molecule has 4 heteroatoms. The summed E-state index contributed by atoms with van der Waals surface area (Å²) in [5.41, 5.74) is 6.60. The summed E-state index contributed by atoms with van der Waals surface area (Å²) in [7, 11) is 0. The van der Waals surface area contributed by atoms with Gasteiger partial charge in [-0.15, -0.1) is 11.8 Å². The van der Waals surface area contributed by atoms with Crippen LogP contribution in [0.3, 0.4) is 0 Å². The van der Waals surface area contributed by atoms with Gasteiger partial charge in [0.1, 0.15) is 11.5 Å². The molecule has 0 radical (unpaired) electrons. The zero-order valence-corrected chi connectivity index (χ0v) is 11.3. The van der Waals surface area contributed by atoms with Crippen molar-refractivity contribution in [2.45, 2.75) is 17.9 Å². The molecule has 0 saturated carbocycles. The first-order valence-electron chi connectivity index (χ1n) is 5.72. The van der Waals surface area contributed by atoms with E-state index in [-0.39, 0.29) is 6.04 Å². The molecule has 1 aromatic carbocycles. The highest BCUT2D eigenvalue weighted by molar-refractivity contribution is 7.98. The highest BCUT2D eigenvalue weighted by Gasteiger charge is 2.02. The summed E-state index contributed by atoms with van der Waals surface area (Å²) in [6.07, 6.45) is 3.74. The van der Waals surface area contributed by atoms with E-state index >= 15 is 0 Å². The molecule has 0 spiro atoms. The van der Waals surface area contributed by atoms with Crippen LogP contribution in [0, 0.1) is 0 Å². The molecule has 0 aliphatic rings. The zero-order chi connectivity index (χ0) is 13.0. The average molecular weight is 260 g/mol. The van der Waals surface area contributed by atoms with E-state index < -0.39 is 0 Å². The Labute approximate surface area is 111 Å². The van der Waals surface area contributed by atoms with Gasteiger partial charge in [0.25, 0.3) is 0 Å². The lowest BCUT2D eigenvalue weighted by Crippen LogP contribution is -2.06. The Hall–Kier alpha value is -1.52. The third-order valence-electron chi connectivity index (χ3n) is 2.52. The van der Waals surface area contributed by atoms with Gasteiger partial charge in [-0.25, -0.2) is 0 Å². The van der Waals surface area contributed by atoms with Crippen molar-refractivity contribution in [3.8, 4) is 11.5 Å². The molecule has 2 N–H and O–H groups in total. The Bertz CT molecular complexity index is 494. The Morgan fingerprint density at radius 1 is 1.11 bits per heavy atom. The summed E-state index contributed by atoms with van der Waals surface area (Å²) >= 11 is 1.71. The molecule has 3 nitrogen and oxygen atoms in total. The highest BCUT2D eigenvalue weighted by Crippen LogP contribution is 2.24. The quantitative estimate of drug-likeness (QED) is 0.853.